The third-order valence-corrected chi connectivity index (χ3v) is 6.54. The number of ether oxygens (including phenoxy) is 3. The molecule has 178 valence electrons. The first kappa shape index (κ1) is 21.6. The quantitative estimate of drug-likeness (QED) is 0.276. The molecule has 3 aromatic carbocycles. The van der Waals surface area contributed by atoms with E-state index in [1.165, 1.54) is 21.8 Å². The summed E-state index contributed by atoms with van der Waals surface area (Å²) in [6, 6.07) is 20.0. The first-order valence-electron chi connectivity index (χ1n) is 11.7. The van der Waals surface area contributed by atoms with E-state index in [9.17, 15) is 4.79 Å². The van der Waals surface area contributed by atoms with E-state index in [0.29, 0.717) is 31.9 Å². The van der Waals surface area contributed by atoms with E-state index in [2.05, 4.69) is 58.5 Å². The summed E-state index contributed by atoms with van der Waals surface area (Å²) in [5.41, 5.74) is 4.90. The third kappa shape index (κ3) is 3.80. The highest BCUT2D eigenvalue weighted by Gasteiger charge is 2.21. The van der Waals surface area contributed by atoms with Gasteiger partial charge in [-0.15, -0.1) is 0 Å². The molecule has 0 radical (unpaired) electrons. The minimum absolute atomic E-state index is 0.0967. The van der Waals surface area contributed by atoms with Gasteiger partial charge in [0.1, 0.15) is 11.6 Å². The fourth-order valence-electron chi connectivity index (χ4n) is 5.06. The maximum Gasteiger partial charge on any atom is 0.511 e. The van der Waals surface area contributed by atoms with Gasteiger partial charge in [0, 0.05) is 40.0 Å². The highest BCUT2D eigenvalue weighted by atomic mass is 16.7. The minimum Gasteiger partial charge on any atom is -0.449 e. The van der Waals surface area contributed by atoms with Gasteiger partial charge < -0.3 is 28.5 Å². The van der Waals surface area contributed by atoms with Gasteiger partial charge in [-0.2, -0.15) is 0 Å². The summed E-state index contributed by atoms with van der Waals surface area (Å²) in [4.78, 5) is 16.0. The lowest BCUT2D eigenvalue weighted by Crippen LogP contribution is -2.32. The van der Waals surface area contributed by atoms with Gasteiger partial charge in [-0.3, -0.25) is 0 Å². The van der Waals surface area contributed by atoms with Crippen molar-refractivity contribution in [2.24, 2.45) is 0 Å². The van der Waals surface area contributed by atoms with Crippen molar-refractivity contribution in [3.8, 4) is 17.1 Å². The molecule has 6 rings (SSSR count). The molecule has 1 atom stereocenters. The molecule has 2 aromatic heterocycles. The first-order chi connectivity index (χ1) is 17.1. The first-order valence-corrected chi connectivity index (χ1v) is 11.7. The summed E-state index contributed by atoms with van der Waals surface area (Å²) in [5, 5.41) is 11.4. The van der Waals surface area contributed by atoms with Crippen LogP contribution in [0.5, 0.6) is 5.75 Å². The van der Waals surface area contributed by atoms with E-state index in [0.717, 1.165) is 23.4 Å². The average molecular weight is 472 g/mol. The molecule has 0 aliphatic carbocycles. The molecule has 1 aliphatic rings. The number of hydrogen-bond donors (Lipinski definition) is 1. The van der Waals surface area contributed by atoms with Crippen molar-refractivity contribution in [3.05, 3.63) is 60.7 Å². The second-order valence-electron chi connectivity index (χ2n) is 8.63. The maximum atomic E-state index is 11.0. The van der Waals surface area contributed by atoms with Crippen LogP contribution in [0.15, 0.2) is 60.7 Å². The van der Waals surface area contributed by atoms with Crippen molar-refractivity contribution < 1.29 is 24.1 Å². The number of hydrogen-bond acceptors (Lipinski definition) is 5. The van der Waals surface area contributed by atoms with Gasteiger partial charge in [0.2, 0.25) is 0 Å². The number of benzene rings is 3. The van der Waals surface area contributed by atoms with Gasteiger partial charge in [-0.05, 0) is 43.3 Å². The van der Waals surface area contributed by atoms with E-state index in [1.54, 1.807) is 12.1 Å². The highest BCUT2D eigenvalue weighted by molar-refractivity contribution is 6.09. The normalized spacial score (nSPS) is 16.3. The number of carboxylic acid groups (broad SMARTS) is 1. The number of imidazole rings is 1. The predicted octanol–water partition coefficient (Wildman–Crippen LogP) is 5.30. The summed E-state index contributed by atoms with van der Waals surface area (Å²) in [6.45, 7) is 5.28. The van der Waals surface area contributed by atoms with Gasteiger partial charge in [-0.1, -0.05) is 18.2 Å². The summed E-state index contributed by atoms with van der Waals surface area (Å²) >= 11 is 0. The summed E-state index contributed by atoms with van der Waals surface area (Å²) in [5.74, 6) is 1.02. The minimum atomic E-state index is -1.35. The smallest absolute Gasteiger partial charge is 0.449 e. The fraction of sp³-hybridized carbons (Fsp3) is 0.259. The van der Waals surface area contributed by atoms with Crippen molar-refractivity contribution in [1.29, 1.82) is 0 Å². The number of carbonyl (C=O) groups is 1. The van der Waals surface area contributed by atoms with Crippen molar-refractivity contribution in [1.82, 2.24) is 14.1 Å². The standard InChI is InChI=1S/C27H25N3O5/c1-2-29-23-6-4-3-5-20(23)21-13-17(7-9-24(21)29)26-28-22-14-18(35-27(31)32)8-10-25(22)30(26)15-19-16-33-11-12-34-19/h3-10,13-14,19H,2,11-12,15-16H2,1H3,(H,31,32)/t19-/m1/s1. The van der Waals surface area contributed by atoms with Gasteiger partial charge in [0.25, 0.3) is 0 Å². The van der Waals surface area contributed by atoms with E-state index in [1.807, 2.05) is 6.07 Å². The van der Waals surface area contributed by atoms with E-state index in [-0.39, 0.29) is 11.9 Å². The lowest BCUT2D eigenvalue weighted by Gasteiger charge is -2.24. The van der Waals surface area contributed by atoms with Crippen LogP contribution in [0, 0.1) is 0 Å². The van der Waals surface area contributed by atoms with Crippen LogP contribution >= 0.6 is 0 Å². The maximum absolute atomic E-state index is 11.0. The van der Waals surface area contributed by atoms with Gasteiger partial charge in [-0.25, -0.2) is 9.78 Å². The van der Waals surface area contributed by atoms with Crippen LogP contribution in [0.1, 0.15) is 6.92 Å². The molecule has 1 fully saturated rings. The molecule has 0 spiro atoms. The van der Waals surface area contributed by atoms with Crippen LogP contribution in [-0.2, 0) is 22.6 Å². The van der Waals surface area contributed by atoms with Crippen LogP contribution in [0.3, 0.4) is 0 Å². The molecule has 0 amide bonds. The number of para-hydroxylation sites is 1. The Morgan fingerprint density at radius 3 is 2.66 bits per heavy atom. The topological polar surface area (TPSA) is 87.7 Å². The molecule has 0 unspecified atom stereocenters. The SMILES string of the molecule is CCn1c2ccccc2c2cc(-c3nc4cc(OC(=O)O)ccc4n3C[C@@H]3COCCO3)ccc21. The van der Waals surface area contributed by atoms with Crippen LogP contribution in [0.4, 0.5) is 4.79 Å². The number of rotatable bonds is 5. The predicted molar refractivity (Wildman–Crippen MR) is 133 cm³/mol. The number of fused-ring (bicyclic) bond motifs is 4. The zero-order valence-corrected chi connectivity index (χ0v) is 19.3. The Labute approximate surface area is 201 Å². The Bertz CT molecular complexity index is 1560. The second-order valence-corrected chi connectivity index (χ2v) is 8.63. The van der Waals surface area contributed by atoms with Crippen LogP contribution < -0.4 is 4.74 Å². The molecule has 1 aliphatic heterocycles. The highest BCUT2D eigenvalue weighted by Crippen LogP contribution is 2.34. The summed E-state index contributed by atoms with van der Waals surface area (Å²) in [7, 11) is 0. The van der Waals surface area contributed by atoms with E-state index >= 15 is 0 Å². The van der Waals surface area contributed by atoms with Gasteiger partial charge in [0.05, 0.1) is 43.5 Å². The fourth-order valence-corrected chi connectivity index (χ4v) is 5.06. The monoisotopic (exact) mass is 471 g/mol. The van der Waals surface area contributed by atoms with Crippen LogP contribution in [0.25, 0.3) is 44.2 Å². The molecule has 1 N–H and O–H groups in total. The molecular formula is C27H25N3O5. The van der Waals surface area contributed by atoms with Gasteiger partial charge in [0.15, 0.2) is 0 Å². The molecule has 0 saturated carbocycles. The van der Waals surface area contributed by atoms with Crippen LogP contribution in [-0.4, -0.2) is 51.3 Å². The molecular weight excluding hydrogens is 446 g/mol. The van der Waals surface area contributed by atoms with Crippen LogP contribution in [0.2, 0.25) is 0 Å². The number of aromatic nitrogens is 3. The average Bonchev–Trinajstić information content (AvgIpc) is 3.39. The molecule has 8 heteroatoms. The van der Waals surface area contributed by atoms with Crippen molar-refractivity contribution >= 4 is 39.0 Å². The Morgan fingerprint density at radius 2 is 1.86 bits per heavy atom. The van der Waals surface area contributed by atoms with Crippen molar-refractivity contribution in [2.75, 3.05) is 19.8 Å². The van der Waals surface area contributed by atoms with Crippen molar-refractivity contribution in [2.45, 2.75) is 26.1 Å². The Kier molecular flexibility index (Phi) is 5.39. The largest absolute Gasteiger partial charge is 0.511 e. The molecule has 0 bridgehead atoms. The third-order valence-electron chi connectivity index (χ3n) is 6.54. The zero-order valence-electron chi connectivity index (χ0n) is 19.3. The lowest BCUT2D eigenvalue weighted by atomic mass is 10.1. The van der Waals surface area contributed by atoms with Gasteiger partial charge >= 0.3 is 6.16 Å². The van der Waals surface area contributed by atoms with Crippen molar-refractivity contribution in [3.63, 3.8) is 0 Å². The number of aryl methyl sites for hydroxylation is 1. The Hall–Kier alpha value is -3.88. The summed E-state index contributed by atoms with van der Waals surface area (Å²) in [6.07, 6.45) is -1.45. The lowest BCUT2D eigenvalue weighted by molar-refractivity contribution is -0.0931. The molecule has 35 heavy (non-hydrogen) atoms. The Morgan fingerprint density at radius 1 is 1.03 bits per heavy atom. The molecule has 1 saturated heterocycles. The summed E-state index contributed by atoms with van der Waals surface area (Å²) < 4.78 is 20.9. The molecule has 5 aromatic rings. The number of nitrogens with zero attached hydrogens (tertiary/aromatic N) is 3. The Balaban J connectivity index is 1.53. The van der Waals surface area contributed by atoms with E-state index in [4.69, 9.17) is 24.3 Å². The molecule has 8 nitrogen and oxygen atoms in total. The zero-order chi connectivity index (χ0) is 23.9. The second kappa shape index (κ2) is 8.72. The molecule has 3 heterocycles. The van der Waals surface area contributed by atoms with E-state index < -0.39 is 6.16 Å².